The highest BCUT2D eigenvalue weighted by Crippen LogP contribution is 2.25. The summed E-state index contributed by atoms with van der Waals surface area (Å²) < 4.78 is 19.1. The lowest BCUT2D eigenvalue weighted by Crippen LogP contribution is -2.50. The van der Waals surface area contributed by atoms with Gasteiger partial charge in [-0.25, -0.2) is 4.39 Å². The van der Waals surface area contributed by atoms with Gasteiger partial charge in [0.05, 0.1) is 12.5 Å². The fraction of sp³-hybridized carbons (Fsp3) is 0.682. The molecular formula is C22H34FN3O2. The first-order chi connectivity index (χ1) is 13.6. The third kappa shape index (κ3) is 5.75. The van der Waals surface area contributed by atoms with Crippen molar-refractivity contribution in [3.05, 3.63) is 35.1 Å². The van der Waals surface area contributed by atoms with Crippen molar-refractivity contribution in [2.75, 3.05) is 46.4 Å². The Morgan fingerprint density at radius 1 is 1.25 bits per heavy atom. The van der Waals surface area contributed by atoms with Crippen LogP contribution in [0.4, 0.5) is 4.39 Å². The maximum Gasteiger partial charge on any atom is 0.224 e. The minimum Gasteiger partial charge on any atom is -0.383 e. The number of likely N-dealkylation sites (tertiary alicyclic amines) is 2. The highest BCUT2D eigenvalue weighted by Gasteiger charge is 2.31. The molecule has 156 valence electrons. The fourth-order valence-corrected chi connectivity index (χ4v) is 4.44. The molecule has 0 unspecified atom stereocenters. The average molecular weight is 392 g/mol. The van der Waals surface area contributed by atoms with Crippen LogP contribution in [0.3, 0.4) is 0 Å². The Balaban J connectivity index is 1.45. The number of amides is 1. The van der Waals surface area contributed by atoms with Crippen molar-refractivity contribution < 1.29 is 13.9 Å². The highest BCUT2D eigenvalue weighted by molar-refractivity contribution is 5.78. The number of carbonyl (C=O) groups is 1. The number of ether oxygens (including phenoxy) is 1. The van der Waals surface area contributed by atoms with E-state index < -0.39 is 0 Å². The van der Waals surface area contributed by atoms with Crippen LogP contribution in [-0.4, -0.2) is 68.2 Å². The molecule has 5 nitrogen and oxygen atoms in total. The van der Waals surface area contributed by atoms with E-state index in [0.717, 1.165) is 63.0 Å². The van der Waals surface area contributed by atoms with Gasteiger partial charge < -0.3 is 10.1 Å². The third-order valence-corrected chi connectivity index (χ3v) is 6.11. The van der Waals surface area contributed by atoms with Gasteiger partial charge in [-0.3, -0.25) is 14.6 Å². The summed E-state index contributed by atoms with van der Waals surface area (Å²) in [6.07, 6.45) is 4.23. The Morgan fingerprint density at radius 2 is 2.04 bits per heavy atom. The summed E-state index contributed by atoms with van der Waals surface area (Å²) in [5, 5.41) is 2.99. The summed E-state index contributed by atoms with van der Waals surface area (Å²) in [4.78, 5) is 17.2. The quantitative estimate of drug-likeness (QED) is 0.726. The highest BCUT2D eigenvalue weighted by atomic mass is 19.1. The molecule has 6 heteroatoms. The van der Waals surface area contributed by atoms with Gasteiger partial charge in [-0.1, -0.05) is 12.1 Å². The second kappa shape index (κ2) is 10.3. The zero-order valence-electron chi connectivity index (χ0n) is 17.3. The molecule has 0 spiro atoms. The van der Waals surface area contributed by atoms with Crippen molar-refractivity contribution in [3.8, 4) is 0 Å². The van der Waals surface area contributed by atoms with Crippen LogP contribution >= 0.6 is 0 Å². The molecule has 0 aliphatic carbocycles. The molecule has 0 aromatic heterocycles. The second-order valence-electron chi connectivity index (χ2n) is 8.22. The molecule has 2 heterocycles. The van der Waals surface area contributed by atoms with Crippen LogP contribution in [0.2, 0.25) is 0 Å². The normalized spacial score (nSPS) is 22.3. The monoisotopic (exact) mass is 391 g/mol. The van der Waals surface area contributed by atoms with E-state index >= 15 is 0 Å². The van der Waals surface area contributed by atoms with Crippen LogP contribution in [0.25, 0.3) is 0 Å². The summed E-state index contributed by atoms with van der Waals surface area (Å²) in [6.45, 7) is 7.65. The maximum absolute atomic E-state index is 14.1. The van der Waals surface area contributed by atoms with E-state index in [9.17, 15) is 9.18 Å². The molecule has 28 heavy (non-hydrogen) atoms. The maximum atomic E-state index is 14.1. The van der Waals surface area contributed by atoms with Crippen LogP contribution in [0.5, 0.6) is 0 Å². The lowest BCUT2D eigenvalue weighted by atomic mass is 9.93. The second-order valence-corrected chi connectivity index (χ2v) is 8.22. The number of methoxy groups -OCH3 is 1. The van der Waals surface area contributed by atoms with Crippen molar-refractivity contribution in [1.29, 1.82) is 0 Å². The number of nitrogens with one attached hydrogen (secondary N) is 1. The summed E-state index contributed by atoms with van der Waals surface area (Å²) >= 11 is 0. The molecule has 1 amide bonds. The van der Waals surface area contributed by atoms with Crippen molar-refractivity contribution in [1.82, 2.24) is 15.1 Å². The van der Waals surface area contributed by atoms with Gasteiger partial charge in [0.2, 0.25) is 5.91 Å². The van der Waals surface area contributed by atoms with Gasteiger partial charge in [0, 0.05) is 38.3 Å². The molecule has 1 aromatic rings. The van der Waals surface area contributed by atoms with E-state index in [1.54, 1.807) is 13.2 Å². The van der Waals surface area contributed by atoms with Gasteiger partial charge >= 0.3 is 0 Å². The minimum atomic E-state index is -0.0968. The molecule has 1 N–H and O–H groups in total. The summed E-state index contributed by atoms with van der Waals surface area (Å²) in [5.74, 6) is 0.153. The first-order valence-electron chi connectivity index (χ1n) is 10.5. The first-order valence-corrected chi connectivity index (χ1v) is 10.5. The molecule has 0 radical (unpaired) electrons. The molecule has 2 fully saturated rings. The Bertz CT molecular complexity index is 647. The number of benzene rings is 1. The van der Waals surface area contributed by atoms with Crippen molar-refractivity contribution in [3.63, 3.8) is 0 Å². The predicted octanol–water partition coefficient (Wildman–Crippen LogP) is 2.57. The van der Waals surface area contributed by atoms with Gasteiger partial charge in [0.15, 0.2) is 0 Å². The lowest BCUT2D eigenvalue weighted by molar-refractivity contribution is -0.127. The van der Waals surface area contributed by atoms with Gasteiger partial charge in [-0.2, -0.15) is 0 Å². The van der Waals surface area contributed by atoms with Crippen molar-refractivity contribution in [2.45, 2.75) is 45.2 Å². The topological polar surface area (TPSA) is 44.8 Å². The largest absolute Gasteiger partial charge is 0.383 e. The predicted molar refractivity (Wildman–Crippen MR) is 109 cm³/mol. The number of carbonyl (C=O) groups excluding carboxylic acids is 1. The molecule has 3 rings (SSSR count). The van der Waals surface area contributed by atoms with Crippen LogP contribution in [-0.2, 0) is 16.1 Å². The number of halogens is 1. The number of aryl methyl sites for hydroxylation is 1. The number of hydrogen-bond donors (Lipinski definition) is 1. The molecule has 0 bridgehead atoms. The molecule has 2 aliphatic rings. The number of nitrogens with zero attached hydrogens (tertiary/aromatic N) is 2. The molecule has 0 saturated carbocycles. The number of rotatable bonds is 7. The minimum absolute atomic E-state index is 0.0882. The summed E-state index contributed by atoms with van der Waals surface area (Å²) in [7, 11) is 1.65. The first kappa shape index (κ1) is 21.2. The van der Waals surface area contributed by atoms with E-state index in [0.29, 0.717) is 25.7 Å². The fourth-order valence-electron chi connectivity index (χ4n) is 4.44. The molecule has 2 aliphatic heterocycles. The summed E-state index contributed by atoms with van der Waals surface area (Å²) in [6, 6.07) is 6.05. The van der Waals surface area contributed by atoms with Crippen LogP contribution in [0, 0.1) is 18.7 Å². The van der Waals surface area contributed by atoms with Crippen LogP contribution in [0.15, 0.2) is 18.2 Å². The smallest absolute Gasteiger partial charge is 0.224 e. The zero-order chi connectivity index (χ0) is 19.9. The third-order valence-electron chi connectivity index (χ3n) is 6.11. The van der Waals surface area contributed by atoms with Crippen molar-refractivity contribution in [2.24, 2.45) is 5.92 Å². The summed E-state index contributed by atoms with van der Waals surface area (Å²) in [5.41, 5.74) is 1.75. The Hall–Kier alpha value is -1.50. The SMILES string of the molecule is COCCNC(=O)[C@H]1CCCN(C2CCN(Cc3ccc(C)cc3F)CC2)C1. The van der Waals surface area contributed by atoms with E-state index in [1.165, 1.54) is 0 Å². The van der Waals surface area contributed by atoms with Gasteiger partial charge in [-0.05, 0) is 63.9 Å². The molecular weight excluding hydrogens is 357 g/mol. The van der Waals surface area contributed by atoms with Crippen LogP contribution in [0.1, 0.15) is 36.8 Å². The molecule has 1 aromatic carbocycles. The Morgan fingerprint density at radius 3 is 2.75 bits per heavy atom. The van der Waals surface area contributed by atoms with Crippen molar-refractivity contribution >= 4 is 5.91 Å². The van der Waals surface area contributed by atoms with E-state index in [-0.39, 0.29) is 17.6 Å². The standard InChI is InChI=1S/C22H34FN3O2/c1-17-5-6-18(21(23)14-17)15-25-11-7-20(8-12-25)26-10-3-4-19(16-26)22(27)24-9-13-28-2/h5-6,14,19-20H,3-4,7-13,15-16H2,1-2H3,(H,24,27)/t19-/m0/s1. The van der Waals surface area contributed by atoms with E-state index in [4.69, 9.17) is 4.74 Å². The number of piperidine rings is 2. The van der Waals surface area contributed by atoms with Gasteiger partial charge in [0.25, 0.3) is 0 Å². The average Bonchev–Trinajstić information content (AvgIpc) is 2.71. The van der Waals surface area contributed by atoms with E-state index in [1.807, 2.05) is 19.1 Å². The zero-order valence-corrected chi connectivity index (χ0v) is 17.3. The molecule has 1 atom stereocenters. The van der Waals surface area contributed by atoms with Gasteiger partial charge in [0.1, 0.15) is 5.82 Å². The number of hydrogen-bond acceptors (Lipinski definition) is 4. The lowest BCUT2D eigenvalue weighted by Gasteiger charge is -2.42. The Kier molecular flexibility index (Phi) is 7.82. The Labute approximate surface area is 168 Å². The van der Waals surface area contributed by atoms with Crippen LogP contribution < -0.4 is 5.32 Å². The molecule has 2 saturated heterocycles. The van der Waals surface area contributed by atoms with E-state index in [2.05, 4.69) is 15.1 Å². The van der Waals surface area contributed by atoms with Gasteiger partial charge in [-0.15, -0.1) is 0 Å².